The van der Waals surface area contributed by atoms with Crippen molar-refractivity contribution >= 4 is 17.7 Å². The fraction of sp³-hybridized carbons (Fsp3) is 0.733. The van der Waals surface area contributed by atoms with Gasteiger partial charge in [0.1, 0.15) is 0 Å². The summed E-state index contributed by atoms with van der Waals surface area (Å²) in [6.45, 7) is 8.19. The summed E-state index contributed by atoms with van der Waals surface area (Å²) in [4.78, 5) is 16.7. The first kappa shape index (κ1) is 15.4. The van der Waals surface area contributed by atoms with Crippen molar-refractivity contribution in [3.05, 3.63) is 11.4 Å². The molecule has 2 rings (SSSR count). The highest BCUT2D eigenvalue weighted by molar-refractivity contribution is 8.00. The highest BCUT2D eigenvalue weighted by Gasteiger charge is 2.24. The van der Waals surface area contributed by atoms with Crippen LogP contribution in [0.2, 0.25) is 0 Å². The number of carbonyl (C=O) groups excluding carboxylic acids is 1. The van der Waals surface area contributed by atoms with Gasteiger partial charge in [-0.2, -0.15) is 0 Å². The third-order valence-corrected chi connectivity index (χ3v) is 5.15. The summed E-state index contributed by atoms with van der Waals surface area (Å²) in [7, 11) is 0. The lowest BCUT2D eigenvalue weighted by Gasteiger charge is -2.14. The Kier molecular flexibility index (Phi) is 5.52. The van der Waals surface area contributed by atoms with Crippen LogP contribution in [-0.4, -0.2) is 27.3 Å². The molecule has 4 nitrogen and oxygen atoms in total. The van der Waals surface area contributed by atoms with Gasteiger partial charge >= 0.3 is 0 Å². The molecule has 0 spiro atoms. The monoisotopic (exact) mass is 295 g/mol. The number of aromatic nitrogens is 2. The van der Waals surface area contributed by atoms with Gasteiger partial charge in [0.15, 0.2) is 5.16 Å². The number of amides is 1. The molecule has 1 fully saturated rings. The lowest BCUT2D eigenvalue weighted by Crippen LogP contribution is -2.30. The number of unbranched alkanes of at least 4 members (excludes halogenated alkanes) is 1. The zero-order valence-corrected chi connectivity index (χ0v) is 13.6. The quantitative estimate of drug-likeness (QED) is 0.908. The Morgan fingerprint density at radius 2 is 2.20 bits per heavy atom. The van der Waals surface area contributed by atoms with Crippen LogP contribution in [0.3, 0.4) is 0 Å². The first-order valence-corrected chi connectivity index (χ1v) is 8.49. The molecule has 1 aliphatic rings. The molecule has 1 aromatic rings. The van der Waals surface area contributed by atoms with Crippen LogP contribution < -0.4 is 5.32 Å². The normalized spacial score (nSPS) is 19.8. The van der Waals surface area contributed by atoms with Crippen molar-refractivity contribution in [2.45, 2.75) is 69.8 Å². The summed E-state index contributed by atoms with van der Waals surface area (Å²) >= 11 is 1.64. The lowest BCUT2D eigenvalue weighted by molar-refractivity contribution is -0.120. The van der Waals surface area contributed by atoms with E-state index in [4.69, 9.17) is 0 Å². The molecule has 112 valence electrons. The van der Waals surface area contributed by atoms with Crippen LogP contribution in [0.1, 0.15) is 50.4 Å². The minimum Gasteiger partial charge on any atom is -0.355 e. The van der Waals surface area contributed by atoms with Gasteiger partial charge in [-0.25, -0.2) is 4.98 Å². The van der Waals surface area contributed by atoms with Crippen LogP contribution in [0, 0.1) is 13.8 Å². The largest absolute Gasteiger partial charge is 0.355 e. The summed E-state index contributed by atoms with van der Waals surface area (Å²) < 4.78 is 2.28. The number of thioether (sulfide) groups is 1. The second kappa shape index (κ2) is 7.16. The Labute approximate surface area is 125 Å². The minimum atomic E-state index is 0.0130. The van der Waals surface area contributed by atoms with Crippen LogP contribution in [0.4, 0.5) is 0 Å². The summed E-state index contributed by atoms with van der Waals surface area (Å²) in [5, 5.41) is 4.02. The van der Waals surface area contributed by atoms with Gasteiger partial charge in [-0.05, 0) is 33.1 Å². The molecule has 2 heterocycles. The van der Waals surface area contributed by atoms with Gasteiger partial charge in [0.05, 0.1) is 10.9 Å². The van der Waals surface area contributed by atoms with Crippen molar-refractivity contribution < 1.29 is 4.79 Å². The second-order valence-electron chi connectivity index (χ2n) is 5.46. The number of aryl methyl sites for hydroxylation is 1. The number of nitrogens with one attached hydrogen (secondary N) is 1. The van der Waals surface area contributed by atoms with Crippen molar-refractivity contribution in [1.82, 2.24) is 14.9 Å². The van der Waals surface area contributed by atoms with Crippen molar-refractivity contribution in [1.29, 1.82) is 0 Å². The predicted molar refractivity (Wildman–Crippen MR) is 83.1 cm³/mol. The molecular weight excluding hydrogens is 270 g/mol. The maximum absolute atomic E-state index is 12.1. The van der Waals surface area contributed by atoms with E-state index in [0.717, 1.165) is 49.6 Å². The van der Waals surface area contributed by atoms with Gasteiger partial charge in [-0.1, -0.05) is 31.5 Å². The number of imidazole rings is 1. The highest BCUT2D eigenvalue weighted by atomic mass is 32.2. The molecule has 1 aromatic heterocycles. The zero-order valence-electron chi connectivity index (χ0n) is 12.7. The Bertz CT molecular complexity index is 470. The van der Waals surface area contributed by atoms with Crippen molar-refractivity contribution in [3.63, 3.8) is 0 Å². The van der Waals surface area contributed by atoms with Gasteiger partial charge in [0.25, 0.3) is 0 Å². The van der Waals surface area contributed by atoms with Gasteiger partial charge in [0.2, 0.25) is 5.91 Å². The lowest BCUT2D eigenvalue weighted by atomic mass is 10.2. The Hall–Kier alpha value is -0.970. The molecule has 1 unspecified atom stereocenters. The third-order valence-electron chi connectivity index (χ3n) is 3.89. The number of nitrogens with zero attached hydrogens (tertiary/aromatic N) is 2. The number of carbonyl (C=O) groups is 1. The van der Waals surface area contributed by atoms with E-state index in [1.165, 1.54) is 12.1 Å². The highest BCUT2D eigenvalue weighted by Crippen LogP contribution is 2.29. The molecule has 1 amide bonds. The van der Waals surface area contributed by atoms with Gasteiger partial charge in [-0.3, -0.25) is 4.79 Å². The molecule has 1 N–H and O–H groups in total. The molecular formula is C15H25N3OS. The van der Waals surface area contributed by atoms with E-state index in [0.29, 0.717) is 0 Å². The summed E-state index contributed by atoms with van der Waals surface area (Å²) in [6, 6.07) is 0. The first-order valence-electron chi connectivity index (χ1n) is 7.61. The SMILES string of the molecule is CCCCn1c(SC2CCCCNC2=O)nc(C)c1C. The van der Waals surface area contributed by atoms with Gasteiger partial charge in [0, 0.05) is 18.8 Å². The van der Waals surface area contributed by atoms with E-state index in [-0.39, 0.29) is 11.2 Å². The maximum Gasteiger partial charge on any atom is 0.233 e. The van der Waals surface area contributed by atoms with E-state index in [1.54, 1.807) is 11.8 Å². The predicted octanol–water partition coefficient (Wildman–Crippen LogP) is 3.06. The zero-order chi connectivity index (χ0) is 14.5. The number of hydrogen-bond acceptors (Lipinski definition) is 3. The average Bonchev–Trinajstić information content (AvgIpc) is 2.58. The summed E-state index contributed by atoms with van der Waals surface area (Å²) in [5.41, 5.74) is 2.31. The minimum absolute atomic E-state index is 0.0130. The van der Waals surface area contributed by atoms with Crippen LogP contribution in [0.15, 0.2) is 5.16 Å². The summed E-state index contributed by atoms with van der Waals surface area (Å²) in [6.07, 6.45) is 5.48. The van der Waals surface area contributed by atoms with Crippen LogP contribution in [0.25, 0.3) is 0 Å². The molecule has 1 saturated heterocycles. The molecule has 0 saturated carbocycles. The fourth-order valence-corrected chi connectivity index (χ4v) is 3.72. The van der Waals surface area contributed by atoms with Crippen LogP contribution >= 0.6 is 11.8 Å². The van der Waals surface area contributed by atoms with Gasteiger partial charge < -0.3 is 9.88 Å². The number of hydrogen-bond donors (Lipinski definition) is 1. The topological polar surface area (TPSA) is 46.9 Å². The third kappa shape index (κ3) is 3.57. The molecule has 0 bridgehead atoms. The maximum atomic E-state index is 12.1. The summed E-state index contributed by atoms with van der Waals surface area (Å²) in [5.74, 6) is 0.174. The Morgan fingerprint density at radius 1 is 1.40 bits per heavy atom. The number of rotatable bonds is 5. The van der Waals surface area contributed by atoms with Crippen LogP contribution in [-0.2, 0) is 11.3 Å². The average molecular weight is 295 g/mol. The van der Waals surface area contributed by atoms with Crippen molar-refractivity contribution in [2.75, 3.05) is 6.54 Å². The van der Waals surface area contributed by atoms with Gasteiger partial charge in [-0.15, -0.1) is 0 Å². The fourth-order valence-electron chi connectivity index (χ4n) is 2.44. The van der Waals surface area contributed by atoms with Crippen molar-refractivity contribution in [3.8, 4) is 0 Å². The van der Waals surface area contributed by atoms with E-state index in [9.17, 15) is 4.79 Å². The Morgan fingerprint density at radius 3 is 2.95 bits per heavy atom. The first-order chi connectivity index (χ1) is 9.63. The molecule has 1 aliphatic heterocycles. The molecule has 0 aliphatic carbocycles. The van der Waals surface area contributed by atoms with Crippen molar-refractivity contribution in [2.24, 2.45) is 0 Å². The van der Waals surface area contributed by atoms with E-state index < -0.39 is 0 Å². The van der Waals surface area contributed by atoms with E-state index in [2.05, 4.69) is 35.6 Å². The molecule has 5 heteroatoms. The van der Waals surface area contributed by atoms with Crippen LogP contribution in [0.5, 0.6) is 0 Å². The molecule has 0 radical (unpaired) electrons. The smallest absolute Gasteiger partial charge is 0.233 e. The Balaban J connectivity index is 2.14. The van der Waals surface area contributed by atoms with E-state index >= 15 is 0 Å². The van der Waals surface area contributed by atoms with E-state index in [1.807, 2.05) is 0 Å². The second-order valence-corrected chi connectivity index (χ2v) is 6.63. The molecule has 0 aromatic carbocycles. The molecule has 1 atom stereocenters. The molecule has 20 heavy (non-hydrogen) atoms. The standard InChI is InChI=1S/C15H25N3OS/c1-4-5-10-18-12(3)11(2)17-15(18)20-13-8-6-7-9-16-14(13)19/h13H,4-10H2,1-3H3,(H,16,19).